The van der Waals surface area contributed by atoms with Crippen molar-refractivity contribution in [3.8, 4) is 11.1 Å². The number of carbonyl (C=O) groups is 1. The number of benzene rings is 2. The van der Waals surface area contributed by atoms with Crippen LogP contribution >= 0.6 is 0 Å². The second-order valence-corrected chi connectivity index (χ2v) is 9.02. The predicted octanol–water partition coefficient (Wildman–Crippen LogP) is 5.58. The number of aliphatic hydroxyl groups is 1. The van der Waals surface area contributed by atoms with Gasteiger partial charge in [0.05, 0.1) is 34.2 Å². The number of alkyl halides is 3. The largest absolute Gasteiger partial charge is 0.478 e. The molecule has 0 unspecified atom stereocenters. The van der Waals surface area contributed by atoms with Crippen LogP contribution in [0.3, 0.4) is 0 Å². The first-order valence-electron chi connectivity index (χ1n) is 10.7. The van der Waals surface area contributed by atoms with Gasteiger partial charge in [-0.1, -0.05) is 26.0 Å². The van der Waals surface area contributed by atoms with Crippen LogP contribution in [0.2, 0.25) is 0 Å². The molecule has 2 aromatic carbocycles. The molecule has 4 aromatic rings. The van der Waals surface area contributed by atoms with Crippen LogP contribution < -0.4 is 5.32 Å². The Balaban J connectivity index is 1.67. The molecule has 182 valence electrons. The quantitative estimate of drug-likeness (QED) is 0.317. The second-order valence-electron chi connectivity index (χ2n) is 9.02. The van der Waals surface area contributed by atoms with Gasteiger partial charge in [-0.25, -0.2) is 14.8 Å². The number of nitrogens with one attached hydrogen (secondary N) is 1. The third-order valence-electron chi connectivity index (χ3n) is 5.58. The van der Waals surface area contributed by atoms with Crippen molar-refractivity contribution >= 4 is 28.5 Å². The van der Waals surface area contributed by atoms with Gasteiger partial charge >= 0.3 is 12.1 Å². The molecule has 0 spiro atoms. The molecule has 0 saturated heterocycles. The number of rotatable bonds is 7. The van der Waals surface area contributed by atoms with Gasteiger partial charge in [-0.2, -0.15) is 13.2 Å². The predicted molar refractivity (Wildman–Crippen MR) is 126 cm³/mol. The summed E-state index contributed by atoms with van der Waals surface area (Å²) in [6.45, 7) is 3.98. The molecule has 0 aliphatic heterocycles. The van der Waals surface area contributed by atoms with Crippen molar-refractivity contribution in [3.63, 3.8) is 0 Å². The lowest BCUT2D eigenvalue weighted by Crippen LogP contribution is -2.23. The number of pyridine rings is 1. The van der Waals surface area contributed by atoms with E-state index in [-0.39, 0.29) is 29.2 Å². The van der Waals surface area contributed by atoms with Crippen molar-refractivity contribution in [2.24, 2.45) is 5.41 Å². The van der Waals surface area contributed by atoms with E-state index < -0.39 is 23.1 Å². The highest BCUT2D eigenvalue weighted by Gasteiger charge is 2.35. The van der Waals surface area contributed by atoms with E-state index in [0.717, 1.165) is 11.6 Å². The zero-order valence-corrected chi connectivity index (χ0v) is 19.0. The summed E-state index contributed by atoms with van der Waals surface area (Å²) < 4.78 is 43.2. The average molecular weight is 484 g/mol. The molecule has 10 heteroatoms. The molecule has 0 aliphatic rings. The highest BCUT2D eigenvalue weighted by atomic mass is 19.4. The van der Waals surface area contributed by atoms with E-state index in [4.69, 9.17) is 5.11 Å². The van der Waals surface area contributed by atoms with Gasteiger partial charge in [0, 0.05) is 30.3 Å². The fourth-order valence-electron chi connectivity index (χ4n) is 3.66. The van der Waals surface area contributed by atoms with E-state index >= 15 is 0 Å². The minimum atomic E-state index is -4.61. The maximum absolute atomic E-state index is 13.8. The summed E-state index contributed by atoms with van der Waals surface area (Å²) in [6.07, 6.45) is -1.65. The molecule has 7 nitrogen and oxygen atoms in total. The van der Waals surface area contributed by atoms with E-state index in [0.29, 0.717) is 17.6 Å². The minimum absolute atomic E-state index is 0.0896. The third-order valence-corrected chi connectivity index (χ3v) is 5.58. The number of fused-ring (bicyclic) bond motifs is 1. The second kappa shape index (κ2) is 9.03. The van der Waals surface area contributed by atoms with Gasteiger partial charge in [-0.3, -0.25) is 0 Å². The van der Waals surface area contributed by atoms with Crippen LogP contribution in [0.15, 0.2) is 61.1 Å². The smallest absolute Gasteiger partial charge is 0.418 e. The minimum Gasteiger partial charge on any atom is -0.478 e. The molecule has 0 amide bonds. The fourth-order valence-corrected chi connectivity index (χ4v) is 3.66. The molecule has 0 fully saturated rings. The molecular weight excluding hydrogens is 461 g/mol. The Morgan fingerprint density at radius 2 is 1.71 bits per heavy atom. The Bertz CT molecular complexity index is 1360. The van der Waals surface area contributed by atoms with Crippen LogP contribution in [-0.4, -0.2) is 37.3 Å². The molecule has 2 aromatic heterocycles. The van der Waals surface area contributed by atoms with Crippen molar-refractivity contribution < 1.29 is 28.2 Å². The van der Waals surface area contributed by atoms with E-state index in [2.05, 4.69) is 15.3 Å². The number of carboxylic acid groups (broad SMARTS) is 1. The number of imidazole rings is 1. The van der Waals surface area contributed by atoms with E-state index in [1.165, 1.54) is 30.7 Å². The van der Waals surface area contributed by atoms with Crippen molar-refractivity contribution in [2.45, 2.75) is 26.6 Å². The van der Waals surface area contributed by atoms with Gasteiger partial charge in [0.1, 0.15) is 5.82 Å². The Morgan fingerprint density at radius 3 is 2.29 bits per heavy atom. The first-order valence-corrected chi connectivity index (χ1v) is 10.7. The Labute approximate surface area is 198 Å². The standard InChI is InChI=1S/C25H23F3N4O3/c1-24(2,13-33)12-32-14-30-20-9-18(25(26,27)28)19(10-21(20)32)31-22-8-7-17(11-29-22)15-3-5-16(6-4-15)23(34)35/h3-11,14,33H,12-13H2,1-2H3,(H,29,31)(H,34,35). The summed E-state index contributed by atoms with van der Waals surface area (Å²) in [7, 11) is 0. The van der Waals surface area contributed by atoms with Crippen molar-refractivity contribution in [1.82, 2.24) is 14.5 Å². The Morgan fingerprint density at radius 1 is 1.03 bits per heavy atom. The number of aromatic carboxylic acids is 1. The number of nitrogens with zero attached hydrogens (tertiary/aromatic N) is 3. The first kappa shape index (κ1) is 24.2. The fraction of sp³-hybridized carbons (Fsp3) is 0.240. The SMILES string of the molecule is CC(C)(CO)Cn1cnc2cc(C(F)(F)F)c(Nc3ccc(-c4ccc(C(=O)O)cc4)cn3)cc21. The summed E-state index contributed by atoms with van der Waals surface area (Å²) in [4.78, 5) is 19.4. The maximum atomic E-state index is 13.8. The van der Waals surface area contributed by atoms with Gasteiger partial charge in [-0.15, -0.1) is 0 Å². The topological polar surface area (TPSA) is 100 Å². The van der Waals surface area contributed by atoms with Crippen LogP contribution in [0.4, 0.5) is 24.7 Å². The summed E-state index contributed by atoms with van der Waals surface area (Å²) in [6, 6.07) is 11.8. The van der Waals surface area contributed by atoms with E-state index in [1.807, 2.05) is 13.8 Å². The lowest BCUT2D eigenvalue weighted by Gasteiger charge is -2.22. The van der Waals surface area contributed by atoms with Gasteiger partial charge in [-0.05, 0) is 42.0 Å². The summed E-state index contributed by atoms with van der Waals surface area (Å²) in [5, 5.41) is 21.4. The monoisotopic (exact) mass is 484 g/mol. The molecule has 0 bridgehead atoms. The molecule has 3 N–H and O–H groups in total. The van der Waals surface area contributed by atoms with Crippen molar-refractivity contribution in [3.05, 3.63) is 72.2 Å². The van der Waals surface area contributed by atoms with Gasteiger partial charge in [0.25, 0.3) is 0 Å². The van der Waals surface area contributed by atoms with Crippen molar-refractivity contribution in [2.75, 3.05) is 11.9 Å². The van der Waals surface area contributed by atoms with Crippen LogP contribution in [0.25, 0.3) is 22.2 Å². The van der Waals surface area contributed by atoms with Gasteiger partial charge in [0.2, 0.25) is 0 Å². The molecule has 2 heterocycles. The molecule has 0 radical (unpaired) electrons. The van der Waals surface area contributed by atoms with Crippen LogP contribution in [-0.2, 0) is 12.7 Å². The zero-order valence-electron chi connectivity index (χ0n) is 19.0. The molecular formula is C25H23F3N4O3. The van der Waals surface area contributed by atoms with Gasteiger partial charge < -0.3 is 20.1 Å². The number of anilines is 2. The Kier molecular flexibility index (Phi) is 6.25. The summed E-state index contributed by atoms with van der Waals surface area (Å²) in [5.41, 5.74) is 0.736. The molecule has 35 heavy (non-hydrogen) atoms. The number of carboxylic acids is 1. The lowest BCUT2D eigenvalue weighted by atomic mass is 9.95. The van der Waals surface area contributed by atoms with Crippen LogP contribution in [0, 0.1) is 5.41 Å². The van der Waals surface area contributed by atoms with Crippen molar-refractivity contribution in [1.29, 1.82) is 0 Å². The first-order chi connectivity index (χ1) is 16.5. The van der Waals surface area contributed by atoms with Crippen LogP contribution in [0.1, 0.15) is 29.8 Å². The number of aromatic nitrogens is 3. The number of hydrogen-bond acceptors (Lipinski definition) is 5. The molecule has 0 saturated carbocycles. The number of halogens is 3. The molecule has 0 aliphatic carbocycles. The number of hydrogen-bond donors (Lipinski definition) is 3. The molecule has 4 rings (SSSR count). The summed E-state index contributed by atoms with van der Waals surface area (Å²) >= 11 is 0. The van der Waals surface area contributed by atoms with E-state index in [1.54, 1.807) is 28.8 Å². The highest BCUT2D eigenvalue weighted by molar-refractivity contribution is 5.88. The van der Waals surface area contributed by atoms with E-state index in [9.17, 15) is 23.1 Å². The zero-order chi connectivity index (χ0) is 25.4. The van der Waals surface area contributed by atoms with Crippen LogP contribution in [0.5, 0.6) is 0 Å². The normalized spacial score (nSPS) is 12.2. The summed E-state index contributed by atoms with van der Waals surface area (Å²) in [5.74, 6) is -0.824. The highest BCUT2D eigenvalue weighted by Crippen LogP contribution is 2.38. The Hall–Kier alpha value is -3.92. The molecule has 0 atom stereocenters. The van der Waals surface area contributed by atoms with Gasteiger partial charge in [0.15, 0.2) is 0 Å². The maximum Gasteiger partial charge on any atom is 0.418 e. The average Bonchev–Trinajstić information content (AvgIpc) is 3.19. The number of aliphatic hydroxyl groups excluding tert-OH is 1. The lowest BCUT2D eigenvalue weighted by molar-refractivity contribution is -0.136. The third kappa shape index (κ3) is 5.27.